The minimum atomic E-state index is 0.0250. The molecule has 0 spiro atoms. The maximum Gasteiger partial charge on any atom is 0.243 e. The lowest BCUT2D eigenvalue weighted by Gasteiger charge is -2.32. The molecule has 7 heteroatoms. The summed E-state index contributed by atoms with van der Waals surface area (Å²) in [7, 11) is 3.52. The second-order valence-electron chi connectivity index (χ2n) is 6.76. The number of nitrogens with one attached hydrogen (secondary N) is 1. The van der Waals surface area contributed by atoms with Gasteiger partial charge in [-0.3, -0.25) is 9.69 Å². The Hall–Kier alpha value is -1.34. The van der Waals surface area contributed by atoms with E-state index in [4.69, 9.17) is 4.74 Å². The Kier molecular flexibility index (Phi) is 6.65. The third-order valence-corrected chi connectivity index (χ3v) is 4.31. The minimum absolute atomic E-state index is 0.0250. The highest BCUT2D eigenvalue weighted by molar-refractivity contribution is 5.85. The number of hydrogen-bond donors (Lipinski definition) is 1. The van der Waals surface area contributed by atoms with Crippen molar-refractivity contribution in [3.8, 4) is 0 Å². The van der Waals surface area contributed by atoms with Crippen molar-refractivity contribution in [3.05, 3.63) is 0 Å². The second-order valence-corrected chi connectivity index (χ2v) is 6.76. The minimum Gasteiger partial charge on any atom is -0.379 e. The normalized spacial score (nSPS) is 23.4. The largest absolute Gasteiger partial charge is 0.379 e. The van der Waals surface area contributed by atoms with E-state index in [-0.39, 0.29) is 12.5 Å². The number of rotatable bonds is 4. The smallest absolute Gasteiger partial charge is 0.243 e. The fraction of sp³-hybridized carbons (Fsp3) is 0.875. The molecule has 0 radical (unpaired) electrons. The van der Waals surface area contributed by atoms with Crippen LogP contribution in [0.2, 0.25) is 0 Å². The lowest BCUT2D eigenvalue weighted by atomic mass is 10.2. The van der Waals surface area contributed by atoms with Gasteiger partial charge in [-0.25, -0.2) is 4.99 Å². The summed E-state index contributed by atoms with van der Waals surface area (Å²) >= 11 is 0. The lowest BCUT2D eigenvalue weighted by Crippen LogP contribution is -2.48. The number of hydrogen-bond acceptors (Lipinski definition) is 4. The van der Waals surface area contributed by atoms with E-state index in [0.29, 0.717) is 12.1 Å². The molecule has 1 unspecified atom stereocenters. The molecular formula is C16H31N5O2. The Balaban J connectivity index is 1.96. The van der Waals surface area contributed by atoms with Crippen molar-refractivity contribution in [1.82, 2.24) is 20.0 Å². The van der Waals surface area contributed by atoms with Gasteiger partial charge in [0, 0.05) is 52.4 Å². The van der Waals surface area contributed by atoms with E-state index < -0.39 is 0 Å². The Morgan fingerprint density at radius 3 is 2.61 bits per heavy atom. The fourth-order valence-corrected chi connectivity index (χ4v) is 2.95. The van der Waals surface area contributed by atoms with Gasteiger partial charge in [-0.15, -0.1) is 0 Å². The quantitative estimate of drug-likeness (QED) is 0.575. The molecule has 0 aliphatic carbocycles. The summed E-state index contributed by atoms with van der Waals surface area (Å²) in [5, 5.41) is 3.40. The molecule has 2 aliphatic rings. The zero-order chi connectivity index (χ0) is 16.8. The van der Waals surface area contributed by atoms with Crippen LogP contribution in [-0.4, -0.2) is 98.7 Å². The van der Waals surface area contributed by atoms with E-state index in [0.717, 1.165) is 51.8 Å². The molecule has 0 bridgehead atoms. The maximum atomic E-state index is 11.8. The third kappa shape index (κ3) is 5.35. The molecule has 0 saturated carbocycles. The first kappa shape index (κ1) is 18.0. The Bertz CT molecular complexity index is 419. The summed E-state index contributed by atoms with van der Waals surface area (Å²) in [5.74, 6) is 0.878. The highest BCUT2D eigenvalue weighted by atomic mass is 16.5. The third-order valence-electron chi connectivity index (χ3n) is 4.31. The molecule has 2 saturated heterocycles. The molecule has 132 valence electrons. The molecule has 0 aromatic carbocycles. The molecule has 2 heterocycles. The topological polar surface area (TPSA) is 60.4 Å². The Morgan fingerprint density at radius 1 is 1.30 bits per heavy atom. The van der Waals surface area contributed by atoms with Crippen molar-refractivity contribution in [2.24, 2.45) is 4.99 Å². The molecule has 0 aromatic heterocycles. The number of carbonyl (C=O) groups excluding carboxylic acids is 1. The lowest BCUT2D eigenvalue weighted by molar-refractivity contribution is -0.127. The first-order chi connectivity index (χ1) is 11.0. The fourth-order valence-electron chi connectivity index (χ4n) is 2.95. The molecule has 1 N–H and O–H groups in total. The molecule has 7 nitrogen and oxygen atoms in total. The van der Waals surface area contributed by atoms with E-state index in [1.165, 1.54) is 0 Å². The zero-order valence-corrected chi connectivity index (χ0v) is 14.9. The molecule has 2 aliphatic heterocycles. The first-order valence-corrected chi connectivity index (χ1v) is 8.55. The van der Waals surface area contributed by atoms with Gasteiger partial charge in [-0.05, 0) is 20.3 Å². The number of nitrogens with zero attached hydrogens (tertiary/aromatic N) is 4. The van der Waals surface area contributed by atoms with Gasteiger partial charge in [0.25, 0.3) is 0 Å². The summed E-state index contributed by atoms with van der Waals surface area (Å²) in [6, 6.07) is 0.855. The number of carbonyl (C=O) groups is 1. The van der Waals surface area contributed by atoms with Crippen molar-refractivity contribution in [1.29, 1.82) is 0 Å². The van der Waals surface area contributed by atoms with E-state index in [9.17, 15) is 4.79 Å². The standard InChI is InChI=1S/C16H31N5O2/c1-13(2)18-16(17-11-15(22)19(3)4)21-6-5-14(12-21)20-7-9-23-10-8-20/h13-14H,5-12H2,1-4H3,(H,17,18). The molecular weight excluding hydrogens is 294 g/mol. The van der Waals surface area contributed by atoms with Crippen molar-refractivity contribution in [2.45, 2.75) is 32.4 Å². The van der Waals surface area contributed by atoms with Crippen molar-refractivity contribution in [2.75, 3.05) is 60.0 Å². The van der Waals surface area contributed by atoms with Gasteiger partial charge in [0.15, 0.2) is 5.96 Å². The second kappa shape index (κ2) is 8.49. The molecule has 2 fully saturated rings. The molecule has 2 rings (SSSR count). The number of guanidine groups is 1. The van der Waals surface area contributed by atoms with Gasteiger partial charge in [0.1, 0.15) is 6.54 Å². The van der Waals surface area contributed by atoms with Crippen LogP contribution >= 0.6 is 0 Å². The Morgan fingerprint density at radius 2 is 2.00 bits per heavy atom. The number of amides is 1. The maximum absolute atomic E-state index is 11.8. The van der Waals surface area contributed by atoms with Crippen LogP contribution in [0.1, 0.15) is 20.3 Å². The van der Waals surface area contributed by atoms with Crippen molar-refractivity contribution >= 4 is 11.9 Å². The number of ether oxygens (including phenoxy) is 1. The number of aliphatic imine (C=N–C) groups is 1. The van der Waals surface area contributed by atoms with E-state index in [1.807, 2.05) is 0 Å². The van der Waals surface area contributed by atoms with Crippen LogP contribution in [-0.2, 0) is 9.53 Å². The first-order valence-electron chi connectivity index (χ1n) is 8.55. The average Bonchev–Trinajstić information content (AvgIpc) is 3.01. The zero-order valence-electron chi connectivity index (χ0n) is 14.9. The molecule has 23 heavy (non-hydrogen) atoms. The summed E-state index contributed by atoms with van der Waals surface area (Å²) < 4.78 is 5.44. The summed E-state index contributed by atoms with van der Waals surface area (Å²) in [5.41, 5.74) is 0. The molecule has 1 amide bonds. The van der Waals surface area contributed by atoms with E-state index in [1.54, 1.807) is 19.0 Å². The van der Waals surface area contributed by atoms with Crippen LogP contribution in [0.25, 0.3) is 0 Å². The monoisotopic (exact) mass is 325 g/mol. The SMILES string of the molecule is CC(C)NC(=NCC(=O)N(C)C)N1CCC(N2CCOCC2)C1. The molecule has 1 atom stereocenters. The van der Waals surface area contributed by atoms with Crippen molar-refractivity contribution in [3.63, 3.8) is 0 Å². The predicted molar refractivity (Wildman–Crippen MR) is 91.6 cm³/mol. The van der Waals surface area contributed by atoms with Gasteiger partial charge < -0.3 is 19.9 Å². The summed E-state index contributed by atoms with van der Waals surface area (Å²) in [6.45, 7) is 10.0. The number of morpholine rings is 1. The highest BCUT2D eigenvalue weighted by Gasteiger charge is 2.30. The number of likely N-dealkylation sites (N-methyl/N-ethyl adjacent to an activating group) is 1. The van der Waals surface area contributed by atoms with Gasteiger partial charge in [-0.2, -0.15) is 0 Å². The van der Waals surface area contributed by atoms with Crippen LogP contribution in [0.3, 0.4) is 0 Å². The Labute approximate surface area is 139 Å². The average molecular weight is 325 g/mol. The van der Waals surface area contributed by atoms with Crippen molar-refractivity contribution < 1.29 is 9.53 Å². The van der Waals surface area contributed by atoms with Crippen LogP contribution in [0.4, 0.5) is 0 Å². The predicted octanol–water partition coefficient (Wildman–Crippen LogP) is -0.165. The van der Waals surface area contributed by atoms with Crippen LogP contribution in [0.15, 0.2) is 4.99 Å². The van der Waals surface area contributed by atoms with E-state index >= 15 is 0 Å². The number of likely N-dealkylation sites (tertiary alicyclic amines) is 1. The van der Waals surface area contributed by atoms with E-state index in [2.05, 4.69) is 34.0 Å². The van der Waals surface area contributed by atoms with Gasteiger partial charge in [-0.1, -0.05) is 0 Å². The van der Waals surface area contributed by atoms with Crippen LogP contribution < -0.4 is 5.32 Å². The van der Waals surface area contributed by atoms with Crippen LogP contribution in [0.5, 0.6) is 0 Å². The van der Waals surface area contributed by atoms with Crippen LogP contribution in [0, 0.1) is 0 Å². The highest BCUT2D eigenvalue weighted by Crippen LogP contribution is 2.17. The van der Waals surface area contributed by atoms with Gasteiger partial charge in [0.2, 0.25) is 5.91 Å². The summed E-state index contributed by atoms with van der Waals surface area (Å²) in [6.07, 6.45) is 1.14. The molecule has 0 aromatic rings. The van der Waals surface area contributed by atoms with Gasteiger partial charge in [0.05, 0.1) is 13.2 Å². The summed E-state index contributed by atoms with van der Waals surface area (Å²) in [4.78, 5) is 22.7. The van der Waals surface area contributed by atoms with Gasteiger partial charge >= 0.3 is 0 Å².